The van der Waals surface area contributed by atoms with E-state index in [0.717, 1.165) is 16.6 Å². The maximum absolute atomic E-state index is 12.7. The van der Waals surface area contributed by atoms with Crippen molar-refractivity contribution in [2.75, 3.05) is 5.43 Å². The van der Waals surface area contributed by atoms with Gasteiger partial charge in [0.25, 0.3) is 5.56 Å². The molecule has 2 aromatic heterocycles. The van der Waals surface area contributed by atoms with Gasteiger partial charge in [-0.3, -0.25) is 13.9 Å². The van der Waals surface area contributed by atoms with Crippen molar-refractivity contribution in [2.45, 2.75) is 26.8 Å². The van der Waals surface area contributed by atoms with Crippen LogP contribution >= 0.6 is 0 Å². The van der Waals surface area contributed by atoms with E-state index in [4.69, 9.17) is 0 Å². The average molecular weight is 368 g/mol. The molecular weight excluding hydrogens is 344 g/mol. The Balaban J connectivity index is 2.07. The summed E-state index contributed by atoms with van der Waals surface area (Å²) in [5.74, 6) is 0.899. The number of aromatic nitrogens is 4. The van der Waals surface area contributed by atoms with E-state index >= 15 is 0 Å². The van der Waals surface area contributed by atoms with Crippen LogP contribution in [0, 0.1) is 5.92 Å². The zero-order chi connectivity index (χ0) is 19.6. The fourth-order valence-electron chi connectivity index (χ4n) is 2.84. The number of anilines is 1. The number of hydrogen-bond acceptors (Lipinski definition) is 5. The molecule has 3 aromatic rings. The normalized spacial score (nSPS) is 11.7. The first-order valence-electron chi connectivity index (χ1n) is 8.90. The molecule has 3 rings (SSSR count). The van der Waals surface area contributed by atoms with E-state index in [9.17, 15) is 9.59 Å². The van der Waals surface area contributed by atoms with Gasteiger partial charge in [0, 0.05) is 20.6 Å². The first kappa shape index (κ1) is 18.6. The van der Waals surface area contributed by atoms with Crippen molar-refractivity contribution in [1.29, 1.82) is 0 Å². The van der Waals surface area contributed by atoms with Gasteiger partial charge in [-0.1, -0.05) is 44.2 Å². The van der Waals surface area contributed by atoms with Crippen molar-refractivity contribution in [3.8, 4) is 0 Å². The molecule has 1 aromatic carbocycles. The van der Waals surface area contributed by atoms with Gasteiger partial charge in [0.2, 0.25) is 5.95 Å². The van der Waals surface area contributed by atoms with Crippen LogP contribution in [0.25, 0.3) is 11.2 Å². The van der Waals surface area contributed by atoms with Crippen molar-refractivity contribution >= 4 is 23.3 Å². The van der Waals surface area contributed by atoms with Crippen molar-refractivity contribution in [3.63, 3.8) is 0 Å². The maximum Gasteiger partial charge on any atom is 0.332 e. The van der Waals surface area contributed by atoms with Gasteiger partial charge in [0.05, 0.1) is 6.21 Å². The second-order valence-electron chi connectivity index (χ2n) is 6.93. The number of imidazole rings is 1. The molecule has 0 bridgehead atoms. The Hall–Kier alpha value is -3.16. The third-order valence-electron chi connectivity index (χ3n) is 4.46. The van der Waals surface area contributed by atoms with Crippen LogP contribution < -0.4 is 16.7 Å². The lowest BCUT2D eigenvalue weighted by atomic mass is 10.1. The number of nitrogens with one attached hydrogen (secondary N) is 1. The number of benzene rings is 1. The summed E-state index contributed by atoms with van der Waals surface area (Å²) in [5, 5.41) is 4.24. The SMILES string of the molecule is CC(C)CCn1c(N/N=C/c2ccccc2)nc2c1c(=O)n(C)c(=O)n2C. The van der Waals surface area contributed by atoms with Crippen molar-refractivity contribution in [3.05, 3.63) is 56.7 Å². The lowest BCUT2D eigenvalue weighted by molar-refractivity contribution is 0.524. The maximum atomic E-state index is 12.7. The second kappa shape index (κ2) is 7.61. The Morgan fingerprint density at radius 1 is 1.15 bits per heavy atom. The van der Waals surface area contributed by atoms with Crippen molar-refractivity contribution in [1.82, 2.24) is 18.7 Å². The Morgan fingerprint density at radius 3 is 2.52 bits per heavy atom. The van der Waals surface area contributed by atoms with E-state index < -0.39 is 5.69 Å². The minimum atomic E-state index is -0.402. The summed E-state index contributed by atoms with van der Waals surface area (Å²) in [6.07, 6.45) is 2.55. The molecule has 0 aliphatic carbocycles. The lowest BCUT2D eigenvalue weighted by Gasteiger charge is -2.10. The number of nitrogens with zero attached hydrogens (tertiary/aromatic N) is 5. The van der Waals surface area contributed by atoms with Gasteiger partial charge < -0.3 is 4.57 Å². The molecule has 0 fully saturated rings. The lowest BCUT2D eigenvalue weighted by Crippen LogP contribution is -2.37. The van der Waals surface area contributed by atoms with E-state index in [1.165, 1.54) is 11.6 Å². The van der Waals surface area contributed by atoms with Crippen molar-refractivity contribution in [2.24, 2.45) is 25.1 Å². The molecule has 142 valence electrons. The average Bonchev–Trinajstić information content (AvgIpc) is 3.02. The predicted molar refractivity (Wildman–Crippen MR) is 107 cm³/mol. The zero-order valence-corrected chi connectivity index (χ0v) is 16.0. The molecule has 0 spiro atoms. The predicted octanol–water partition coefficient (Wildman–Crippen LogP) is 1.93. The molecular formula is C19H24N6O2. The molecule has 0 saturated heterocycles. The summed E-state index contributed by atoms with van der Waals surface area (Å²) >= 11 is 0. The van der Waals surface area contributed by atoms with E-state index in [-0.39, 0.29) is 5.56 Å². The minimum absolute atomic E-state index is 0.351. The van der Waals surface area contributed by atoms with Crippen LogP contribution in [-0.4, -0.2) is 24.9 Å². The number of aryl methyl sites for hydroxylation is 2. The van der Waals surface area contributed by atoms with E-state index in [1.54, 1.807) is 17.8 Å². The first-order chi connectivity index (χ1) is 12.9. The summed E-state index contributed by atoms with van der Waals surface area (Å²) in [6.45, 7) is 4.84. The summed E-state index contributed by atoms with van der Waals surface area (Å²) in [6, 6.07) is 9.67. The fraction of sp³-hybridized carbons (Fsp3) is 0.368. The minimum Gasteiger partial charge on any atom is -0.303 e. The molecule has 0 saturated carbocycles. The third kappa shape index (κ3) is 3.69. The molecule has 0 radical (unpaired) electrons. The van der Waals surface area contributed by atoms with Crippen LogP contribution in [0.4, 0.5) is 5.95 Å². The molecule has 8 nitrogen and oxygen atoms in total. The number of hydrazone groups is 1. The van der Waals surface area contributed by atoms with Crippen LogP contribution in [0.15, 0.2) is 45.0 Å². The number of rotatable bonds is 6. The monoisotopic (exact) mass is 368 g/mol. The summed E-state index contributed by atoms with van der Waals surface area (Å²) in [5.41, 5.74) is 3.86. The molecule has 0 aliphatic rings. The smallest absolute Gasteiger partial charge is 0.303 e. The van der Waals surface area contributed by atoms with Gasteiger partial charge in [-0.15, -0.1) is 0 Å². The largest absolute Gasteiger partial charge is 0.332 e. The van der Waals surface area contributed by atoms with E-state index in [1.807, 2.05) is 30.3 Å². The van der Waals surface area contributed by atoms with Gasteiger partial charge in [0.1, 0.15) is 0 Å². The quantitative estimate of drug-likeness (QED) is 0.532. The Morgan fingerprint density at radius 2 is 1.85 bits per heavy atom. The first-order valence-corrected chi connectivity index (χ1v) is 8.90. The zero-order valence-electron chi connectivity index (χ0n) is 16.0. The highest BCUT2D eigenvalue weighted by Gasteiger charge is 2.19. The fourth-order valence-corrected chi connectivity index (χ4v) is 2.84. The molecule has 1 N–H and O–H groups in total. The van der Waals surface area contributed by atoms with Crippen molar-refractivity contribution < 1.29 is 0 Å². The highest BCUT2D eigenvalue weighted by atomic mass is 16.2. The van der Waals surface area contributed by atoms with Crippen LogP contribution in [0.3, 0.4) is 0 Å². The molecule has 0 unspecified atom stereocenters. The molecule has 0 atom stereocenters. The number of hydrogen-bond donors (Lipinski definition) is 1. The molecule has 0 aliphatic heterocycles. The van der Waals surface area contributed by atoms with Crippen LogP contribution in [0.1, 0.15) is 25.8 Å². The molecule has 8 heteroatoms. The third-order valence-corrected chi connectivity index (χ3v) is 4.46. The highest BCUT2D eigenvalue weighted by molar-refractivity contribution is 5.80. The Bertz CT molecular complexity index is 1090. The highest BCUT2D eigenvalue weighted by Crippen LogP contribution is 2.17. The topological polar surface area (TPSA) is 86.2 Å². The van der Waals surface area contributed by atoms with E-state index in [0.29, 0.717) is 29.6 Å². The summed E-state index contributed by atoms with van der Waals surface area (Å²) in [4.78, 5) is 29.4. The Kier molecular flexibility index (Phi) is 5.25. The standard InChI is InChI=1S/C19H24N6O2/c1-13(2)10-11-25-15-16(23(3)19(27)24(4)17(15)26)21-18(25)22-20-12-14-8-6-5-7-9-14/h5-9,12-13H,10-11H2,1-4H3,(H,21,22)/b20-12+. The van der Waals surface area contributed by atoms with Crippen LogP contribution in [0.2, 0.25) is 0 Å². The van der Waals surface area contributed by atoms with Gasteiger partial charge >= 0.3 is 5.69 Å². The van der Waals surface area contributed by atoms with Gasteiger partial charge in [-0.05, 0) is 17.9 Å². The number of fused-ring (bicyclic) bond motifs is 1. The summed E-state index contributed by atoms with van der Waals surface area (Å²) in [7, 11) is 3.09. The van der Waals surface area contributed by atoms with Gasteiger partial charge in [-0.25, -0.2) is 10.2 Å². The summed E-state index contributed by atoms with van der Waals surface area (Å²) < 4.78 is 4.29. The van der Waals surface area contributed by atoms with Crippen LogP contribution in [0.5, 0.6) is 0 Å². The molecule has 0 amide bonds. The second-order valence-corrected chi connectivity index (χ2v) is 6.93. The molecule has 2 heterocycles. The van der Waals surface area contributed by atoms with Gasteiger partial charge in [-0.2, -0.15) is 10.1 Å². The van der Waals surface area contributed by atoms with Crippen LogP contribution in [-0.2, 0) is 20.6 Å². The molecule has 27 heavy (non-hydrogen) atoms. The van der Waals surface area contributed by atoms with Gasteiger partial charge in [0.15, 0.2) is 11.2 Å². The Labute approximate surface area is 156 Å². The van der Waals surface area contributed by atoms with E-state index in [2.05, 4.69) is 29.4 Å².